The van der Waals surface area contributed by atoms with Crippen molar-refractivity contribution in [1.82, 2.24) is 5.48 Å². The summed E-state index contributed by atoms with van der Waals surface area (Å²) < 4.78 is 5.64. The number of carboxylic acid groups (broad SMARTS) is 1. The number of allylic oxidation sites excluding steroid dienone is 1. The standard InChI is InChI=1S/C25H24ClNO4/c1-2-24(20-12-10-19(11-13-20)22-8-3-4-9-23(22)26)27-31-15-14-30-21-7-5-6-18(16-21)17-25(28)29/h2-13,16,27H,14-15,17H2,1H3,(H,28,29). The zero-order valence-electron chi connectivity index (χ0n) is 17.2. The molecule has 5 nitrogen and oxygen atoms in total. The van der Waals surface area contributed by atoms with Crippen molar-refractivity contribution in [3.8, 4) is 16.9 Å². The number of carbonyl (C=O) groups is 1. The lowest BCUT2D eigenvalue weighted by Crippen LogP contribution is -2.17. The highest BCUT2D eigenvalue weighted by Gasteiger charge is 2.06. The van der Waals surface area contributed by atoms with Gasteiger partial charge in [0.15, 0.2) is 0 Å². The number of nitrogens with one attached hydrogen (secondary N) is 1. The number of benzene rings is 3. The van der Waals surface area contributed by atoms with Gasteiger partial charge in [-0.15, -0.1) is 0 Å². The van der Waals surface area contributed by atoms with Gasteiger partial charge >= 0.3 is 5.97 Å². The summed E-state index contributed by atoms with van der Waals surface area (Å²) >= 11 is 6.28. The normalized spacial score (nSPS) is 11.2. The SMILES string of the molecule is CC=C(NOCCOc1cccc(CC(=O)O)c1)c1ccc(-c2ccccc2Cl)cc1. The van der Waals surface area contributed by atoms with Gasteiger partial charge in [-0.25, -0.2) is 0 Å². The van der Waals surface area contributed by atoms with Crippen LogP contribution in [0, 0.1) is 0 Å². The first kappa shape index (κ1) is 22.4. The van der Waals surface area contributed by atoms with Crippen molar-refractivity contribution in [1.29, 1.82) is 0 Å². The minimum Gasteiger partial charge on any atom is -0.491 e. The van der Waals surface area contributed by atoms with E-state index in [0.29, 0.717) is 24.5 Å². The number of rotatable bonds is 10. The first-order valence-electron chi connectivity index (χ1n) is 9.90. The molecule has 31 heavy (non-hydrogen) atoms. The summed E-state index contributed by atoms with van der Waals surface area (Å²) in [5.74, 6) is -0.257. The number of ether oxygens (including phenoxy) is 1. The zero-order valence-corrected chi connectivity index (χ0v) is 17.9. The van der Waals surface area contributed by atoms with Crippen LogP contribution in [0.25, 0.3) is 16.8 Å². The van der Waals surface area contributed by atoms with Crippen molar-refractivity contribution >= 4 is 23.3 Å². The Morgan fingerprint density at radius 2 is 1.81 bits per heavy atom. The summed E-state index contributed by atoms with van der Waals surface area (Å²) in [6.45, 7) is 2.57. The van der Waals surface area contributed by atoms with Gasteiger partial charge < -0.3 is 9.84 Å². The molecule has 6 heteroatoms. The van der Waals surface area contributed by atoms with E-state index in [1.165, 1.54) is 0 Å². The summed E-state index contributed by atoms with van der Waals surface area (Å²) in [5, 5.41) is 9.60. The van der Waals surface area contributed by atoms with Gasteiger partial charge in [0.05, 0.1) is 12.1 Å². The highest BCUT2D eigenvalue weighted by atomic mass is 35.5. The second kappa shape index (κ2) is 11.2. The quantitative estimate of drug-likeness (QED) is 0.319. The summed E-state index contributed by atoms with van der Waals surface area (Å²) in [6.07, 6.45) is 1.90. The molecule has 3 aromatic rings. The van der Waals surface area contributed by atoms with Crippen LogP contribution >= 0.6 is 11.6 Å². The lowest BCUT2D eigenvalue weighted by Gasteiger charge is -2.13. The molecule has 0 unspecified atom stereocenters. The number of aliphatic carboxylic acids is 1. The third kappa shape index (κ3) is 6.60. The van der Waals surface area contributed by atoms with Crippen molar-refractivity contribution in [3.05, 3.63) is 95.0 Å². The fourth-order valence-corrected chi connectivity index (χ4v) is 3.30. The largest absolute Gasteiger partial charge is 0.491 e. The molecular weight excluding hydrogens is 414 g/mol. The summed E-state index contributed by atoms with van der Waals surface area (Å²) in [7, 11) is 0. The molecule has 0 bridgehead atoms. The maximum Gasteiger partial charge on any atom is 0.307 e. The molecule has 0 aliphatic rings. The fourth-order valence-electron chi connectivity index (χ4n) is 3.06. The van der Waals surface area contributed by atoms with Gasteiger partial charge in [-0.3, -0.25) is 15.1 Å². The van der Waals surface area contributed by atoms with Gasteiger partial charge in [-0.1, -0.05) is 72.3 Å². The van der Waals surface area contributed by atoms with E-state index in [9.17, 15) is 4.79 Å². The Bertz CT molecular complexity index is 1050. The van der Waals surface area contributed by atoms with Crippen molar-refractivity contribution < 1.29 is 19.5 Å². The number of hydrogen-bond acceptors (Lipinski definition) is 4. The van der Waals surface area contributed by atoms with E-state index in [0.717, 1.165) is 27.4 Å². The number of hydroxylamine groups is 1. The molecular formula is C25H24ClNO4. The molecule has 0 radical (unpaired) electrons. The second-order valence-corrected chi connectivity index (χ2v) is 7.18. The molecule has 0 aromatic heterocycles. The van der Waals surface area contributed by atoms with Crippen LogP contribution in [0.1, 0.15) is 18.1 Å². The highest BCUT2D eigenvalue weighted by Crippen LogP contribution is 2.28. The van der Waals surface area contributed by atoms with Crippen molar-refractivity contribution in [3.63, 3.8) is 0 Å². The molecule has 0 saturated carbocycles. The molecule has 0 aliphatic heterocycles. The van der Waals surface area contributed by atoms with E-state index >= 15 is 0 Å². The van der Waals surface area contributed by atoms with E-state index in [-0.39, 0.29) is 6.42 Å². The van der Waals surface area contributed by atoms with Crippen molar-refractivity contribution in [2.24, 2.45) is 0 Å². The molecule has 0 saturated heterocycles. The monoisotopic (exact) mass is 437 g/mol. The smallest absolute Gasteiger partial charge is 0.307 e. The molecule has 3 aromatic carbocycles. The second-order valence-electron chi connectivity index (χ2n) is 6.78. The lowest BCUT2D eigenvalue weighted by molar-refractivity contribution is -0.136. The van der Waals surface area contributed by atoms with E-state index in [1.54, 1.807) is 24.3 Å². The summed E-state index contributed by atoms with van der Waals surface area (Å²) in [4.78, 5) is 16.3. The number of carboxylic acids is 1. The van der Waals surface area contributed by atoms with E-state index in [2.05, 4.69) is 5.48 Å². The van der Waals surface area contributed by atoms with Gasteiger partial charge in [0.1, 0.15) is 19.0 Å². The van der Waals surface area contributed by atoms with Crippen molar-refractivity contribution in [2.45, 2.75) is 13.3 Å². The van der Waals surface area contributed by atoms with Gasteiger partial charge in [-0.2, -0.15) is 0 Å². The Morgan fingerprint density at radius 3 is 2.52 bits per heavy atom. The molecule has 0 amide bonds. The van der Waals surface area contributed by atoms with Gasteiger partial charge in [-0.05, 0) is 41.8 Å². The molecule has 0 atom stereocenters. The Labute approximate surface area is 186 Å². The summed E-state index contributed by atoms with van der Waals surface area (Å²) in [5.41, 5.74) is 7.52. The van der Waals surface area contributed by atoms with Crippen LogP contribution in [0.4, 0.5) is 0 Å². The Morgan fingerprint density at radius 1 is 1.03 bits per heavy atom. The van der Waals surface area contributed by atoms with E-state index in [1.807, 2.05) is 61.5 Å². The van der Waals surface area contributed by atoms with E-state index < -0.39 is 5.97 Å². The van der Waals surface area contributed by atoms with Crippen LogP contribution in [0.5, 0.6) is 5.75 Å². The average molecular weight is 438 g/mol. The predicted molar refractivity (Wildman–Crippen MR) is 123 cm³/mol. The molecule has 2 N–H and O–H groups in total. The van der Waals surface area contributed by atoms with Crippen LogP contribution in [-0.2, 0) is 16.1 Å². The van der Waals surface area contributed by atoms with Gasteiger partial charge in [0.2, 0.25) is 0 Å². The molecule has 0 fully saturated rings. The fraction of sp³-hybridized carbons (Fsp3) is 0.160. The Hall–Kier alpha value is -3.28. The maximum atomic E-state index is 10.8. The van der Waals surface area contributed by atoms with Crippen LogP contribution in [0.3, 0.4) is 0 Å². The Kier molecular flexibility index (Phi) is 8.10. The predicted octanol–water partition coefficient (Wildman–Crippen LogP) is 5.60. The van der Waals surface area contributed by atoms with Gasteiger partial charge in [0, 0.05) is 10.6 Å². The maximum absolute atomic E-state index is 10.8. The first-order valence-corrected chi connectivity index (χ1v) is 10.3. The van der Waals surface area contributed by atoms with Crippen LogP contribution < -0.4 is 10.2 Å². The lowest BCUT2D eigenvalue weighted by atomic mass is 10.0. The zero-order chi connectivity index (χ0) is 22.1. The van der Waals surface area contributed by atoms with Gasteiger partial charge in [0.25, 0.3) is 0 Å². The van der Waals surface area contributed by atoms with Crippen LogP contribution in [-0.4, -0.2) is 24.3 Å². The minimum absolute atomic E-state index is 0.0326. The molecule has 0 heterocycles. The number of halogens is 1. The first-order chi connectivity index (χ1) is 15.1. The molecule has 0 aliphatic carbocycles. The minimum atomic E-state index is -0.872. The van der Waals surface area contributed by atoms with Crippen LogP contribution in [0.15, 0.2) is 78.9 Å². The van der Waals surface area contributed by atoms with E-state index in [4.69, 9.17) is 26.3 Å². The molecule has 3 rings (SSSR count). The third-order valence-corrected chi connectivity index (χ3v) is 4.89. The van der Waals surface area contributed by atoms with Crippen molar-refractivity contribution in [2.75, 3.05) is 13.2 Å². The number of hydrogen-bond donors (Lipinski definition) is 2. The molecule has 160 valence electrons. The topological polar surface area (TPSA) is 67.8 Å². The highest BCUT2D eigenvalue weighted by molar-refractivity contribution is 6.33. The Balaban J connectivity index is 1.49. The summed E-state index contributed by atoms with van der Waals surface area (Å²) in [6, 6.07) is 22.9. The average Bonchev–Trinajstić information content (AvgIpc) is 2.77. The van der Waals surface area contributed by atoms with Crippen LogP contribution in [0.2, 0.25) is 5.02 Å². The third-order valence-electron chi connectivity index (χ3n) is 4.56. The molecule has 0 spiro atoms.